The lowest BCUT2D eigenvalue weighted by Crippen LogP contribution is -2.40. The van der Waals surface area contributed by atoms with Crippen molar-refractivity contribution in [3.05, 3.63) is 11.8 Å². The molecular weight excluding hydrogens is 276 g/mol. The second kappa shape index (κ2) is 6.24. The Morgan fingerprint density at radius 2 is 2.10 bits per heavy atom. The molecular formula is C13H24N4O2S. The number of piperidine rings is 1. The molecule has 0 atom stereocenters. The number of H-pyrrole nitrogens is 1. The van der Waals surface area contributed by atoms with Gasteiger partial charge in [0.2, 0.25) is 0 Å². The molecule has 6 nitrogen and oxygen atoms in total. The van der Waals surface area contributed by atoms with Gasteiger partial charge >= 0.3 is 0 Å². The fourth-order valence-electron chi connectivity index (χ4n) is 2.75. The van der Waals surface area contributed by atoms with Crippen molar-refractivity contribution < 1.29 is 8.42 Å². The molecule has 1 fully saturated rings. The van der Waals surface area contributed by atoms with Crippen LogP contribution in [0.5, 0.6) is 0 Å². The van der Waals surface area contributed by atoms with Crippen LogP contribution < -0.4 is 5.32 Å². The maximum atomic E-state index is 12.6. The second-order valence-electron chi connectivity index (χ2n) is 5.74. The fraction of sp³-hybridized carbons (Fsp3) is 0.769. The van der Waals surface area contributed by atoms with E-state index >= 15 is 0 Å². The van der Waals surface area contributed by atoms with E-state index in [2.05, 4.69) is 29.4 Å². The van der Waals surface area contributed by atoms with Crippen molar-refractivity contribution in [3.63, 3.8) is 0 Å². The van der Waals surface area contributed by atoms with Crippen LogP contribution in [0.25, 0.3) is 0 Å². The maximum Gasteiger partial charge on any atom is 0.260 e. The minimum absolute atomic E-state index is 0.231. The van der Waals surface area contributed by atoms with Crippen LogP contribution in [0.2, 0.25) is 0 Å². The molecule has 2 N–H and O–H groups in total. The topological polar surface area (TPSA) is 78.1 Å². The van der Waals surface area contributed by atoms with E-state index in [4.69, 9.17) is 0 Å². The SMILES string of the molecule is CNCc1cn[nH]c1S(=O)(=O)N1CCC(C(C)C)CC1. The van der Waals surface area contributed by atoms with Crippen LogP contribution >= 0.6 is 0 Å². The van der Waals surface area contributed by atoms with Crippen molar-refractivity contribution in [2.24, 2.45) is 11.8 Å². The molecule has 0 saturated carbocycles. The van der Waals surface area contributed by atoms with Crippen LogP contribution in [-0.2, 0) is 16.6 Å². The normalized spacial score (nSPS) is 18.8. The summed E-state index contributed by atoms with van der Waals surface area (Å²) in [5.41, 5.74) is 0.693. The summed E-state index contributed by atoms with van der Waals surface area (Å²) in [4.78, 5) is 0. The third-order valence-corrected chi connectivity index (χ3v) is 6.00. The molecule has 1 aromatic rings. The molecule has 2 heterocycles. The van der Waals surface area contributed by atoms with Crippen molar-refractivity contribution in [1.82, 2.24) is 19.8 Å². The van der Waals surface area contributed by atoms with Crippen molar-refractivity contribution >= 4 is 10.0 Å². The third kappa shape index (κ3) is 3.05. The number of rotatable bonds is 5. The van der Waals surface area contributed by atoms with Crippen LogP contribution in [0.4, 0.5) is 0 Å². The number of nitrogens with one attached hydrogen (secondary N) is 2. The standard InChI is InChI=1S/C13H24N4O2S/c1-10(2)11-4-6-17(7-5-11)20(18,19)13-12(8-14-3)9-15-16-13/h9-11,14H,4-8H2,1-3H3,(H,15,16). The Balaban J connectivity index is 2.13. The molecule has 0 unspecified atom stereocenters. The zero-order valence-electron chi connectivity index (χ0n) is 12.4. The monoisotopic (exact) mass is 300 g/mol. The predicted octanol–water partition coefficient (Wildman–Crippen LogP) is 1.19. The molecule has 7 heteroatoms. The number of aromatic nitrogens is 2. The van der Waals surface area contributed by atoms with Crippen LogP contribution in [0, 0.1) is 11.8 Å². The fourth-order valence-corrected chi connectivity index (χ4v) is 4.32. The second-order valence-corrected chi connectivity index (χ2v) is 7.62. The van der Waals surface area contributed by atoms with E-state index < -0.39 is 10.0 Å². The van der Waals surface area contributed by atoms with Crippen molar-refractivity contribution in [2.75, 3.05) is 20.1 Å². The van der Waals surface area contributed by atoms with Gasteiger partial charge in [0.25, 0.3) is 10.0 Å². The molecule has 1 aliphatic heterocycles. The number of aromatic amines is 1. The highest BCUT2D eigenvalue weighted by Gasteiger charge is 2.32. The summed E-state index contributed by atoms with van der Waals surface area (Å²) in [5.74, 6) is 1.24. The first-order chi connectivity index (χ1) is 9.46. The van der Waals surface area contributed by atoms with E-state index in [-0.39, 0.29) is 5.03 Å². The average molecular weight is 300 g/mol. The van der Waals surface area contributed by atoms with Gasteiger partial charge in [0.1, 0.15) is 0 Å². The Kier molecular flexibility index (Phi) is 4.82. The predicted molar refractivity (Wildman–Crippen MR) is 77.7 cm³/mol. The number of hydrogen-bond acceptors (Lipinski definition) is 4. The molecule has 114 valence electrons. The summed E-state index contributed by atoms with van der Waals surface area (Å²) >= 11 is 0. The van der Waals surface area contributed by atoms with E-state index in [1.54, 1.807) is 17.5 Å². The molecule has 0 aliphatic carbocycles. The lowest BCUT2D eigenvalue weighted by atomic mass is 9.87. The lowest BCUT2D eigenvalue weighted by molar-refractivity contribution is 0.226. The highest BCUT2D eigenvalue weighted by Crippen LogP contribution is 2.28. The van der Waals surface area contributed by atoms with Gasteiger partial charge in [0.05, 0.1) is 6.20 Å². The van der Waals surface area contributed by atoms with E-state index in [0.29, 0.717) is 37.0 Å². The highest BCUT2D eigenvalue weighted by molar-refractivity contribution is 7.89. The van der Waals surface area contributed by atoms with Crippen LogP contribution in [0.15, 0.2) is 11.2 Å². The minimum Gasteiger partial charge on any atom is -0.316 e. The van der Waals surface area contributed by atoms with Gasteiger partial charge in [-0.3, -0.25) is 5.10 Å². The van der Waals surface area contributed by atoms with Crippen LogP contribution in [0.3, 0.4) is 0 Å². The molecule has 1 aromatic heterocycles. The molecule has 0 bridgehead atoms. The number of nitrogens with zero attached hydrogens (tertiary/aromatic N) is 2. The Morgan fingerprint density at radius 3 is 2.65 bits per heavy atom. The van der Waals surface area contributed by atoms with Gasteiger partial charge in [0.15, 0.2) is 5.03 Å². The van der Waals surface area contributed by atoms with Gasteiger partial charge in [-0.05, 0) is 31.7 Å². The van der Waals surface area contributed by atoms with E-state index in [0.717, 1.165) is 12.8 Å². The quantitative estimate of drug-likeness (QED) is 0.856. The molecule has 0 radical (unpaired) electrons. The summed E-state index contributed by atoms with van der Waals surface area (Å²) in [6.45, 7) is 6.10. The first kappa shape index (κ1) is 15.5. The van der Waals surface area contributed by atoms with E-state index in [1.165, 1.54) is 0 Å². The van der Waals surface area contributed by atoms with Gasteiger partial charge < -0.3 is 5.32 Å². The van der Waals surface area contributed by atoms with Gasteiger partial charge in [0, 0.05) is 25.2 Å². The molecule has 0 amide bonds. The molecule has 0 spiro atoms. The van der Waals surface area contributed by atoms with Crippen molar-refractivity contribution in [3.8, 4) is 0 Å². The minimum atomic E-state index is -3.45. The van der Waals surface area contributed by atoms with Crippen molar-refractivity contribution in [2.45, 2.75) is 38.3 Å². The third-order valence-electron chi connectivity index (χ3n) is 4.08. The summed E-state index contributed by atoms with van der Waals surface area (Å²) in [6.07, 6.45) is 3.45. The zero-order valence-corrected chi connectivity index (χ0v) is 13.2. The van der Waals surface area contributed by atoms with Crippen LogP contribution in [0.1, 0.15) is 32.3 Å². The van der Waals surface area contributed by atoms with Gasteiger partial charge in [-0.25, -0.2) is 8.42 Å². The molecule has 1 saturated heterocycles. The summed E-state index contributed by atoms with van der Waals surface area (Å²) in [7, 11) is -1.66. The van der Waals surface area contributed by atoms with Gasteiger partial charge in [-0.1, -0.05) is 13.8 Å². The summed E-state index contributed by atoms with van der Waals surface area (Å²) in [5, 5.41) is 9.71. The van der Waals surface area contributed by atoms with E-state index in [9.17, 15) is 8.42 Å². The maximum absolute atomic E-state index is 12.6. The smallest absolute Gasteiger partial charge is 0.260 e. The van der Waals surface area contributed by atoms with Gasteiger partial charge in [-0.15, -0.1) is 0 Å². The summed E-state index contributed by atoms with van der Waals surface area (Å²) in [6, 6.07) is 0. The highest BCUT2D eigenvalue weighted by atomic mass is 32.2. The Bertz CT molecular complexity index is 530. The Labute approximate surface area is 121 Å². The van der Waals surface area contributed by atoms with Crippen LogP contribution in [-0.4, -0.2) is 43.1 Å². The first-order valence-corrected chi connectivity index (χ1v) is 8.57. The number of sulfonamides is 1. The molecule has 2 rings (SSSR count). The van der Waals surface area contributed by atoms with E-state index in [1.807, 2.05) is 0 Å². The molecule has 1 aliphatic rings. The lowest BCUT2D eigenvalue weighted by Gasteiger charge is -2.32. The Morgan fingerprint density at radius 1 is 1.45 bits per heavy atom. The summed E-state index contributed by atoms with van der Waals surface area (Å²) < 4.78 is 26.9. The largest absolute Gasteiger partial charge is 0.316 e. The number of hydrogen-bond donors (Lipinski definition) is 2. The zero-order chi connectivity index (χ0) is 14.8. The Hall–Kier alpha value is -0.920. The average Bonchev–Trinajstić information content (AvgIpc) is 2.88. The molecule has 20 heavy (non-hydrogen) atoms. The van der Waals surface area contributed by atoms with Crippen molar-refractivity contribution in [1.29, 1.82) is 0 Å². The first-order valence-electron chi connectivity index (χ1n) is 7.13. The van der Waals surface area contributed by atoms with Gasteiger partial charge in [-0.2, -0.15) is 9.40 Å². The molecule has 0 aromatic carbocycles.